The quantitative estimate of drug-likeness (QED) is 0.702. The number of anilines is 1. The summed E-state index contributed by atoms with van der Waals surface area (Å²) in [6, 6.07) is 8.38. The van der Waals surface area contributed by atoms with Gasteiger partial charge in [0.15, 0.2) is 6.10 Å². The lowest BCUT2D eigenvalue weighted by atomic mass is 10.1. The number of carbonyl (C=O) groups is 1. The molecule has 0 aliphatic carbocycles. The van der Waals surface area contributed by atoms with E-state index in [0.717, 1.165) is 12.1 Å². The molecule has 0 radical (unpaired) electrons. The number of alkyl halides is 3. The van der Waals surface area contributed by atoms with Crippen molar-refractivity contribution in [3.05, 3.63) is 42.0 Å². The van der Waals surface area contributed by atoms with E-state index in [2.05, 4.69) is 4.98 Å². The van der Waals surface area contributed by atoms with Gasteiger partial charge >= 0.3 is 12.1 Å². The van der Waals surface area contributed by atoms with Gasteiger partial charge in [0, 0.05) is 19.7 Å². The lowest BCUT2D eigenvalue weighted by Gasteiger charge is -2.17. The number of carbonyl (C=O) groups excluding carboxylic acids is 1. The topological polar surface area (TPSA) is 51.7 Å². The molecule has 8 heteroatoms. The maximum Gasteiger partial charge on any atom is 0.416 e. The van der Waals surface area contributed by atoms with E-state index in [0.29, 0.717) is 11.3 Å². The van der Waals surface area contributed by atoms with Crippen molar-refractivity contribution in [3.63, 3.8) is 0 Å². The van der Waals surface area contributed by atoms with Gasteiger partial charge < -0.3 is 14.4 Å². The third-order valence-electron chi connectivity index (χ3n) is 3.66. The molecule has 0 saturated carbocycles. The average Bonchev–Trinajstić information content (AvgIpc) is 2.61. The highest BCUT2D eigenvalue weighted by molar-refractivity contribution is 5.74. The van der Waals surface area contributed by atoms with E-state index in [1.807, 2.05) is 0 Å². The predicted octanol–water partition coefficient (Wildman–Crippen LogP) is 4.16. The Morgan fingerprint density at radius 2 is 1.93 bits per heavy atom. The lowest BCUT2D eigenvalue weighted by Crippen LogP contribution is -2.26. The minimum absolute atomic E-state index is 0.155. The summed E-state index contributed by atoms with van der Waals surface area (Å²) >= 11 is 0. The van der Waals surface area contributed by atoms with Crippen LogP contribution < -0.4 is 9.64 Å². The Morgan fingerprint density at radius 3 is 2.52 bits per heavy atom. The number of aromatic nitrogens is 1. The van der Waals surface area contributed by atoms with Gasteiger partial charge in [-0.1, -0.05) is 12.1 Å². The Morgan fingerprint density at radius 1 is 1.22 bits per heavy atom. The van der Waals surface area contributed by atoms with E-state index in [9.17, 15) is 18.0 Å². The minimum atomic E-state index is -4.49. The molecule has 27 heavy (non-hydrogen) atoms. The van der Waals surface area contributed by atoms with Crippen LogP contribution in [-0.2, 0) is 15.7 Å². The molecular weight excluding hydrogens is 361 g/mol. The smallest absolute Gasteiger partial charge is 0.416 e. The molecule has 0 aliphatic rings. The van der Waals surface area contributed by atoms with Gasteiger partial charge in [-0.25, -0.2) is 9.78 Å². The molecule has 146 valence electrons. The van der Waals surface area contributed by atoms with E-state index >= 15 is 0 Å². The molecule has 1 heterocycles. The Hall–Kier alpha value is -2.77. The third kappa shape index (κ3) is 5.35. The summed E-state index contributed by atoms with van der Waals surface area (Å²) in [5.74, 6) is -0.000281. The largest absolute Gasteiger partial charge is 0.479 e. The number of halogens is 3. The molecule has 0 fully saturated rings. The van der Waals surface area contributed by atoms with Gasteiger partial charge in [-0.05, 0) is 38.1 Å². The van der Waals surface area contributed by atoms with Gasteiger partial charge in [0.25, 0.3) is 0 Å². The molecule has 0 bridgehead atoms. The van der Waals surface area contributed by atoms with E-state index in [1.54, 1.807) is 39.2 Å². The SMILES string of the molecule is CCOC(=O)C(C)Oc1cccc(-c2cc(C(F)(F)F)cc(N(C)C)n2)c1. The average molecular weight is 382 g/mol. The first kappa shape index (κ1) is 20.5. The Kier molecular flexibility index (Phi) is 6.30. The van der Waals surface area contributed by atoms with Gasteiger partial charge in [0.2, 0.25) is 0 Å². The number of hydrogen-bond donors (Lipinski definition) is 0. The summed E-state index contributed by atoms with van der Waals surface area (Å²) < 4.78 is 50.1. The molecule has 2 aromatic rings. The monoisotopic (exact) mass is 382 g/mol. The number of rotatable bonds is 6. The number of ether oxygens (including phenoxy) is 2. The zero-order valence-electron chi connectivity index (χ0n) is 15.5. The first-order valence-electron chi connectivity index (χ1n) is 8.32. The summed E-state index contributed by atoms with van der Waals surface area (Å²) in [6.45, 7) is 3.46. The van der Waals surface area contributed by atoms with E-state index in [1.165, 1.54) is 17.9 Å². The highest BCUT2D eigenvalue weighted by Gasteiger charge is 2.32. The molecular formula is C19H21F3N2O3. The highest BCUT2D eigenvalue weighted by atomic mass is 19.4. The minimum Gasteiger partial charge on any atom is -0.479 e. The molecule has 0 spiro atoms. The van der Waals surface area contributed by atoms with Crippen LogP contribution in [0.15, 0.2) is 36.4 Å². The molecule has 1 aromatic carbocycles. The van der Waals surface area contributed by atoms with Crippen LogP contribution >= 0.6 is 0 Å². The van der Waals surface area contributed by atoms with Crippen molar-refractivity contribution in [1.29, 1.82) is 0 Å². The molecule has 1 aromatic heterocycles. The Labute approximate surface area is 155 Å². The second kappa shape index (κ2) is 8.28. The summed E-state index contributed by atoms with van der Waals surface area (Å²) in [6.07, 6.45) is -5.33. The number of esters is 1. The maximum absolute atomic E-state index is 13.2. The zero-order valence-corrected chi connectivity index (χ0v) is 15.5. The number of pyridine rings is 1. The van der Waals surface area contributed by atoms with Crippen molar-refractivity contribution in [2.75, 3.05) is 25.6 Å². The number of hydrogen-bond acceptors (Lipinski definition) is 5. The van der Waals surface area contributed by atoms with Crippen molar-refractivity contribution in [2.24, 2.45) is 0 Å². The molecule has 5 nitrogen and oxygen atoms in total. The maximum atomic E-state index is 13.2. The highest BCUT2D eigenvalue weighted by Crippen LogP contribution is 2.34. The molecule has 1 unspecified atom stereocenters. The van der Waals surface area contributed by atoms with Crippen molar-refractivity contribution in [3.8, 4) is 17.0 Å². The van der Waals surface area contributed by atoms with Crippen molar-refractivity contribution in [1.82, 2.24) is 4.98 Å². The van der Waals surface area contributed by atoms with Gasteiger partial charge in [0.05, 0.1) is 17.9 Å². The number of benzene rings is 1. The second-order valence-corrected chi connectivity index (χ2v) is 6.03. The second-order valence-electron chi connectivity index (χ2n) is 6.03. The third-order valence-corrected chi connectivity index (χ3v) is 3.66. The van der Waals surface area contributed by atoms with Crippen molar-refractivity contribution < 1.29 is 27.4 Å². The molecule has 0 N–H and O–H groups in total. The fourth-order valence-corrected chi connectivity index (χ4v) is 2.30. The molecule has 1 atom stereocenters. The first-order valence-corrected chi connectivity index (χ1v) is 8.32. The van der Waals surface area contributed by atoms with Crippen LogP contribution in [0.25, 0.3) is 11.3 Å². The molecule has 0 saturated heterocycles. The van der Waals surface area contributed by atoms with Crippen LogP contribution in [0.4, 0.5) is 19.0 Å². The Bertz CT molecular complexity index is 807. The van der Waals surface area contributed by atoms with E-state index < -0.39 is 23.8 Å². The fraction of sp³-hybridized carbons (Fsp3) is 0.368. The first-order chi connectivity index (χ1) is 12.6. The van der Waals surface area contributed by atoms with Gasteiger partial charge in [-0.3, -0.25) is 0 Å². The normalized spacial score (nSPS) is 12.4. The van der Waals surface area contributed by atoms with Crippen LogP contribution in [0.1, 0.15) is 19.4 Å². The standard InChI is InChI=1S/C19H21F3N2O3/c1-5-26-18(25)12(2)27-15-8-6-7-13(9-15)16-10-14(19(20,21)22)11-17(23-16)24(3)4/h6-12H,5H2,1-4H3. The van der Waals surface area contributed by atoms with Crippen LogP contribution in [0.5, 0.6) is 5.75 Å². The molecule has 0 aliphatic heterocycles. The van der Waals surface area contributed by atoms with Crippen molar-refractivity contribution in [2.45, 2.75) is 26.1 Å². The van der Waals surface area contributed by atoms with Gasteiger partial charge in [0.1, 0.15) is 11.6 Å². The fourth-order valence-electron chi connectivity index (χ4n) is 2.30. The summed E-state index contributed by atoms with van der Waals surface area (Å²) in [5.41, 5.74) is -0.192. The van der Waals surface area contributed by atoms with Crippen LogP contribution in [0.2, 0.25) is 0 Å². The van der Waals surface area contributed by atoms with Gasteiger partial charge in [-0.2, -0.15) is 13.2 Å². The van der Waals surface area contributed by atoms with Crippen LogP contribution in [0, 0.1) is 0 Å². The van der Waals surface area contributed by atoms with Crippen molar-refractivity contribution >= 4 is 11.8 Å². The summed E-state index contributed by atoms with van der Waals surface area (Å²) in [7, 11) is 3.24. The number of nitrogens with zero attached hydrogens (tertiary/aromatic N) is 2. The lowest BCUT2D eigenvalue weighted by molar-refractivity contribution is -0.150. The molecule has 0 amide bonds. The molecule has 2 rings (SSSR count). The van der Waals surface area contributed by atoms with Crippen LogP contribution in [-0.4, -0.2) is 37.8 Å². The van der Waals surface area contributed by atoms with Gasteiger partial charge in [-0.15, -0.1) is 0 Å². The van der Waals surface area contributed by atoms with E-state index in [-0.39, 0.29) is 18.1 Å². The summed E-state index contributed by atoms with van der Waals surface area (Å²) in [4.78, 5) is 17.5. The van der Waals surface area contributed by atoms with E-state index in [4.69, 9.17) is 9.47 Å². The zero-order chi connectivity index (χ0) is 20.2. The Balaban J connectivity index is 2.38. The predicted molar refractivity (Wildman–Crippen MR) is 95.7 cm³/mol. The van der Waals surface area contributed by atoms with Crippen LogP contribution in [0.3, 0.4) is 0 Å². The summed E-state index contributed by atoms with van der Waals surface area (Å²) in [5, 5.41) is 0.